The van der Waals surface area contributed by atoms with Gasteiger partial charge in [0.15, 0.2) is 11.5 Å². The van der Waals surface area contributed by atoms with Crippen LogP contribution in [0, 0.1) is 0 Å². The Hall–Kier alpha value is -3.13. The molecule has 4 rings (SSSR count). The van der Waals surface area contributed by atoms with Crippen LogP contribution in [0.3, 0.4) is 0 Å². The van der Waals surface area contributed by atoms with E-state index >= 15 is 0 Å². The number of anilines is 1. The van der Waals surface area contributed by atoms with E-state index in [0.717, 1.165) is 14.7 Å². The summed E-state index contributed by atoms with van der Waals surface area (Å²) in [6.07, 6.45) is 0. The van der Waals surface area contributed by atoms with Crippen LogP contribution in [0.4, 0.5) is 5.69 Å². The van der Waals surface area contributed by atoms with Gasteiger partial charge in [-0.05, 0) is 48.5 Å². The zero-order chi connectivity index (χ0) is 18.8. The lowest BCUT2D eigenvalue weighted by Crippen LogP contribution is -2.29. The van der Waals surface area contributed by atoms with Crippen molar-refractivity contribution in [2.45, 2.75) is 6.54 Å². The number of benzene rings is 2. The van der Waals surface area contributed by atoms with Crippen LogP contribution in [0.2, 0.25) is 0 Å². The van der Waals surface area contributed by atoms with Gasteiger partial charge in [-0.25, -0.2) is 4.68 Å². The van der Waals surface area contributed by atoms with Crippen molar-refractivity contribution >= 4 is 27.5 Å². The Kier molecular flexibility index (Phi) is 4.64. The predicted octanol–water partition coefficient (Wildman–Crippen LogP) is 3.04. The van der Waals surface area contributed by atoms with E-state index in [4.69, 9.17) is 9.47 Å². The summed E-state index contributed by atoms with van der Waals surface area (Å²) in [4.78, 5) is 24.4. The molecule has 0 spiro atoms. The third-order valence-corrected chi connectivity index (χ3v) is 4.48. The lowest BCUT2D eigenvalue weighted by molar-refractivity contribution is -0.117. The summed E-state index contributed by atoms with van der Waals surface area (Å²) < 4.78 is 12.7. The molecule has 0 saturated carbocycles. The van der Waals surface area contributed by atoms with Crippen molar-refractivity contribution in [2.75, 3.05) is 12.1 Å². The lowest BCUT2D eigenvalue weighted by atomic mass is 10.1. The molecule has 3 aromatic rings. The minimum atomic E-state index is -0.356. The smallest absolute Gasteiger partial charge is 0.267 e. The maximum absolute atomic E-state index is 12.3. The van der Waals surface area contributed by atoms with Gasteiger partial charge in [0.1, 0.15) is 6.54 Å². The van der Waals surface area contributed by atoms with Crippen molar-refractivity contribution in [3.8, 4) is 22.8 Å². The van der Waals surface area contributed by atoms with Crippen molar-refractivity contribution in [1.82, 2.24) is 9.78 Å². The summed E-state index contributed by atoms with van der Waals surface area (Å²) in [6, 6.07) is 15.6. The second-order valence-corrected chi connectivity index (χ2v) is 6.75. The first-order valence-corrected chi connectivity index (χ1v) is 8.91. The fourth-order valence-electron chi connectivity index (χ4n) is 2.64. The number of fused-ring (bicyclic) bond motifs is 1. The van der Waals surface area contributed by atoms with Crippen LogP contribution in [0.5, 0.6) is 11.5 Å². The van der Waals surface area contributed by atoms with Gasteiger partial charge in [0.05, 0.1) is 5.69 Å². The molecule has 0 saturated heterocycles. The Morgan fingerprint density at radius 1 is 1.07 bits per heavy atom. The number of nitrogens with one attached hydrogen (secondary N) is 1. The van der Waals surface area contributed by atoms with E-state index in [2.05, 4.69) is 26.3 Å². The molecule has 0 unspecified atom stereocenters. The molecular formula is C19H14BrN3O4. The van der Waals surface area contributed by atoms with Gasteiger partial charge in [-0.2, -0.15) is 5.10 Å². The summed E-state index contributed by atoms with van der Waals surface area (Å²) >= 11 is 3.34. The van der Waals surface area contributed by atoms with Gasteiger partial charge in [0, 0.05) is 21.8 Å². The number of rotatable bonds is 4. The molecule has 1 aromatic heterocycles. The van der Waals surface area contributed by atoms with E-state index in [0.29, 0.717) is 22.9 Å². The number of carbonyl (C=O) groups excluding carboxylic acids is 1. The first-order valence-electron chi connectivity index (χ1n) is 8.12. The van der Waals surface area contributed by atoms with Gasteiger partial charge in [0.2, 0.25) is 12.7 Å². The fraction of sp³-hybridized carbons (Fsp3) is 0.105. The highest BCUT2D eigenvalue weighted by molar-refractivity contribution is 9.10. The average Bonchev–Trinajstić information content (AvgIpc) is 3.13. The zero-order valence-electron chi connectivity index (χ0n) is 14.0. The molecule has 1 aliphatic rings. The third kappa shape index (κ3) is 3.85. The summed E-state index contributed by atoms with van der Waals surface area (Å²) in [6.45, 7) is -0.00473. The van der Waals surface area contributed by atoms with Gasteiger partial charge in [-0.3, -0.25) is 9.59 Å². The predicted molar refractivity (Wildman–Crippen MR) is 103 cm³/mol. The van der Waals surface area contributed by atoms with Gasteiger partial charge in [-0.1, -0.05) is 15.9 Å². The highest BCUT2D eigenvalue weighted by Gasteiger charge is 2.15. The minimum Gasteiger partial charge on any atom is -0.454 e. The standard InChI is InChI=1S/C19H14BrN3O4/c20-13-2-4-14(5-3-13)21-18(24)10-23-19(25)8-6-15(22-23)12-1-7-16-17(9-12)27-11-26-16/h1-9H,10-11H2,(H,21,24). The first-order chi connectivity index (χ1) is 13.1. The summed E-state index contributed by atoms with van der Waals surface area (Å²) in [5, 5.41) is 7.05. The number of hydrogen-bond acceptors (Lipinski definition) is 5. The van der Waals surface area contributed by atoms with Crippen molar-refractivity contribution < 1.29 is 14.3 Å². The van der Waals surface area contributed by atoms with E-state index in [1.807, 2.05) is 18.2 Å². The molecule has 8 heteroatoms. The normalized spacial score (nSPS) is 12.0. The maximum atomic E-state index is 12.3. The quantitative estimate of drug-likeness (QED) is 0.691. The minimum absolute atomic E-state index is 0.182. The fourth-order valence-corrected chi connectivity index (χ4v) is 2.91. The number of carbonyl (C=O) groups is 1. The van der Waals surface area contributed by atoms with Crippen LogP contribution < -0.4 is 20.3 Å². The molecular weight excluding hydrogens is 414 g/mol. The Morgan fingerprint density at radius 3 is 2.67 bits per heavy atom. The summed E-state index contributed by atoms with van der Waals surface area (Å²) in [7, 11) is 0. The lowest BCUT2D eigenvalue weighted by Gasteiger charge is -2.09. The van der Waals surface area contributed by atoms with Crippen LogP contribution in [0.1, 0.15) is 0 Å². The van der Waals surface area contributed by atoms with Crippen LogP contribution in [-0.4, -0.2) is 22.5 Å². The van der Waals surface area contributed by atoms with Crippen LogP contribution in [-0.2, 0) is 11.3 Å². The third-order valence-electron chi connectivity index (χ3n) is 3.96. The number of hydrogen-bond donors (Lipinski definition) is 1. The largest absolute Gasteiger partial charge is 0.454 e. The number of ether oxygens (including phenoxy) is 2. The Bertz CT molecular complexity index is 1060. The number of amides is 1. The summed E-state index contributed by atoms with van der Waals surface area (Å²) in [5.41, 5.74) is 1.61. The number of nitrogens with zero attached hydrogens (tertiary/aromatic N) is 2. The molecule has 0 fully saturated rings. The van der Waals surface area contributed by atoms with E-state index < -0.39 is 0 Å². The molecule has 0 aliphatic carbocycles. The van der Waals surface area contributed by atoms with Crippen molar-refractivity contribution in [2.24, 2.45) is 0 Å². The highest BCUT2D eigenvalue weighted by atomic mass is 79.9. The van der Waals surface area contributed by atoms with Gasteiger partial charge >= 0.3 is 0 Å². The topological polar surface area (TPSA) is 82.5 Å². The van der Waals surface area contributed by atoms with Crippen molar-refractivity contribution in [3.63, 3.8) is 0 Å². The highest BCUT2D eigenvalue weighted by Crippen LogP contribution is 2.35. The second kappa shape index (κ2) is 7.24. The van der Waals surface area contributed by atoms with Crippen LogP contribution in [0.25, 0.3) is 11.3 Å². The molecule has 0 atom stereocenters. The Balaban J connectivity index is 1.54. The van der Waals surface area contributed by atoms with E-state index in [1.165, 1.54) is 6.07 Å². The molecule has 2 heterocycles. The average molecular weight is 428 g/mol. The number of aromatic nitrogens is 2. The molecule has 0 radical (unpaired) electrons. The van der Waals surface area contributed by atoms with Crippen LogP contribution >= 0.6 is 15.9 Å². The van der Waals surface area contributed by atoms with Gasteiger partial charge in [-0.15, -0.1) is 0 Å². The van der Waals surface area contributed by atoms with E-state index in [-0.39, 0.29) is 24.8 Å². The van der Waals surface area contributed by atoms with E-state index in [9.17, 15) is 9.59 Å². The number of halogens is 1. The second-order valence-electron chi connectivity index (χ2n) is 5.84. The van der Waals surface area contributed by atoms with Crippen LogP contribution in [0.15, 0.2) is 63.9 Å². The molecule has 136 valence electrons. The summed E-state index contributed by atoms with van der Waals surface area (Å²) in [5.74, 6) is 0.954. The maximum Gasteiger partial charge on any atom is 0.267 e. The Morgan fingerprint density at radius 2 is 1.85 bits per heavy atom. The monoisotopic (exact) mass is 427 g/mol. The first kappa shape index (κ1) is 17.3. The molecule has 7 nitrogen and oxygen atoms in total. The Labute approximate surface area is 162 Å². The molecule has 2 aromatic carbocycles. The van der Waals surface area contributed by atoms with Crippen molar-refractivity contribution in [1.29, 1.82) is 0 Å². The molecule has 1 aliphatic heterocycles. The molecule has 0 bridgehead atoms. The molecule has 1 N–H and O–H groups in total. The molecule has 27 heavy (non-hydrogen) atoms. The SMILES string of the molecule is O=C(Cn1nc(-c2ccc3c(c2)OCO3)ccc1=O)Nc1ccc(Br)cc1. The van der Waals surface area contributed by atoms with Crippen molar-refractivity contribution in [3.05, 3.63) is 69.4 Å². The molecule has 1 amide bonds. The van der Waals surface area contributed by atoms with Gasteiger partial charge in [0.25, 0.3) is 5.56 Å². The zero-order valence-corrected chi connectivity index (χ0v) is 15.6. The van der Waals surface area contributed by atoms with E-state index in [1.54, 1.807) is 30.3 Å². The van der Waals surface area contributed by atoms with Gasteiger partial charge < -0.3 is 14.8 Å².